The molecule has 31 heavy (non-hydrogen) atoms. The van der Waals surface area contributed by atoms with E-state index in [4.69, 9.17) is 4.74 Å². The van der Waals surface area contributed by atoms with Crippen LogP contribution in [0.5, 0.6) is 5.75 Å². The number of aryl methyl sites for hydroxylation is 1. The van der Waals surface area contributed by atoms with Gasteiger partial charge in [-0.05, 0) is 48.4 Å². The van der Waals surface area contributed by atoms with Gasteiger partial charge in [0.1, 0.15) is 17.9 Å². The smallest absolute Gasteiger partial charge is 0.243 e. The number of piperazine rings is 1. The highest BCUT2D eigenvalue weighted by molar-refractivity contribution is 7.89. The summed E-state index contributed by atoms with van der Waals surface area (Å²) in [6.07, 6.45) is 2.43. The van der Waals surface area contributed by atoms with Gasteiger partial charge in [0, 0.05) is 37.8 Å². The molecule has 162 valence electrons. The standard InChI is InChI=1S/C23H26N4O3S/c1-3-18-4-10-21(11-5-18)31(28,29)27-14-12-26(13-15-27)23-16-22(24-17-25-23)19-6-8-20(30-2)9-7-19/h4-11,16-17H,3,12-15H2,1-2H3. The van der Waals surface area contributed by atoms with Gasteiger partial charge in [-0.15, -0.1) is 0 Å². The fourth-order valence-electron chi connectivity index (χ4n) is 3.64. The van der Waals surface area contributed by atoms with E-state index in [1.54, 1.807) is 29.9 Å². The first-order valence-corrected chi connectivity index (χ1v) is 11.8. The maximum Gasteiger partial charge on any atom is 0.243 e. The maximum absolute atomic E-state index is 13.0. The van der Waals surface area contributed by atoms with Gasteiger partial charge >= 0.3 is 0 Å². The largest absolute Gasteiger partial charge is 0.497 e. The average Bonchev–Trinajstić information content (AvgIpc) is 2.84. The number of ether oxygens (including phenoxy) is 1. The highest BCUT2D eigenvalue weighted by Gasteiger charge is 2.29. The molecule has 0 atom stereocenters. The second-order valence-electron chi connectivity index (χ2n) is 7.38. The molecule has 0 aliphatic carbocycles. The monoisotopic (exact) mass is 438 g/mol. The molecule has 8 heteroatoms. The van der Waals surface area contributed by atoms with Crippen molar-refractivity contribution in [3.05, 3.63) is 66.5 Å². The number of benzene rings is 2. The predicted molar refractivity (Wildman–Crippen MR) is 121 cm³/mol. The Morgan fingerprint density at radius 1 is 0.935 bits per heavy atom. The third kappa shape index (κ3) is 4.55. The summed E-state index contributed by atoms with van der Waals surface area (Å²) in [7, 11) is -1.85. The highest BCUT2D eigenvalue weighted by atomic mass is 32.2. The lowest BCUT2D eigenvalue weighted by Crippen LogP contribution is -2.48. The van der Waals surface area contributed by atoms with E-state index in [9.17, 15) is 8.42 Å². The fourth-order valence-corrected chi connectivity index (χ4v) is 5.07. The van der Waals surface area contributed by atoms with Crippen molar-refractivity contribution in [1.82, 2.24) is 14.3 Å². The summed E-state index contributed by atoms with van der Waals surface area (Å²) in [4.78, 5) is 11.2. The van der Waals surface area contributed by atoms with Crippen LogP contribution in [0.3, 0.4) is 0 Å². The molecule has 0 spiro atoms. The quantitative estimate of drug-likeness (QED) is 0.588. The summed E-state index contributed by atoms with van der Waals surface area (Å²) in [5.74, 6) is 1.59. The van der Waals surface area contributed by atoms with E-state index in [-0.39, 0.29) is 0 Å². The van der Waals surface area contributed by atoms with E-state index >= 15 is 0 Å². The van der Waals surface area contributed by atoms with Crippen LogP contribution in [0.4, 0.5) is 5.82 Å². The molecule has 0 bridgehead atoms. The lowest BCUT2D eigenvalue weighted by Gasteiger charge is -2.34. The van der Waals surface area contributed by atoms with Gasteiger partial charge in [0.05, 0.1) is 17.7 Å². The first-order valence-electron chi connectivity index (χ1n) is 10.3. The summed E-state index contributed by atoms with van der Waals surface area (Å²) in [5.41, 5.74) is 2.92. The molecule has 0 saturated carbocycles. The normalized spacial score (nSPS) is 15.1. The number of anilines is 1. The van der Waals surface area contributed by atoms with Gasteiger partial charge in [0.15, 0.2) is 0 Å². The Labute approximate surface area is 183 Å². The highest BCUT2D eigenvalue weighted by Crippen LogP contribution is 2.25. The number of nitrogens with zero attached hydrogens (tertiary/aromatic N) is 4. The van der Waals surface area contributed by atoms with Crippen LogP contribution in [0.25, 0.3) is 11.3 Å². The SMILES string of the molecule is CCc1ccc(S(=O)(=O)N2CCN(c3cc(-c4ccc(OC)cc4)ncn3)CC2)cc1. The number of hydrogen-bond acceptors (Lipinski definition) is 6. The fraction of sp³-hybridized carbons (Fsp3) is 0.304. The van der Waals surface area contributed by atoms with Crippen LogP contribution in [0.15, 0.2) is 65.8 Å². The van der Waals surface area contributed by atoms with Crippen molar-refractivity contribution < 1.29 is 13.2 Å². The lowest BCUT2D eigenvalue weighted by atomic mass is 10.1. The van der Waals surface area contributed by atoms with Gasteiger partial charge in [0.2, 0.25) is 10.0 Å². The third-order valence-corrected chi connectivity index (χ3v) is 7.48. The molecular weight excluding hydrogens is 412 g/mol. The van der Waals surface area contributed by atoms with Crippen molar-refractivity contribution in [2.45, 2.75) is 18.2 Å². The topological polar surface area (TPSA) is 75.6 Å². The Morgan fingerprint density at radius 2 is 1.61 bits per heavy atom. The van der Waals surface area contributed by atoms with Crippen LogP contribution in [0.2, 0.25) is 0 Å². The molecule has 2 aromatic carbocycles. The van der Waals surface area contributed by atoms with Gasteiger partial charge < -0.3 is 9.64 Å². The first kappa shape index (κ1) is 21.3. The van der Waals surface area contributed by atoms with Gasteiger partial charge in [-0.25, -0.2) is 18.4 Å². The van der Waals surface area contributed by atoms with Crippen LogP contribution in [0, 0.1) is 0 Å². The van der Waals surface area contributed by atoms with Crippen LogP contribution < -0.4 is 9.64 Å². The van der Waals surface area contributed by atoms with Crippen molar-refractivity contribution in [2.75, 3.05) is 38.2 Å². The van der Waals surface area contributed by atoms with Crippen LogP contribution in [0.1, 0.15) is 12.5 Å². The van der Waals surface area contributed by atoms with Crippen LogP contribution >= 0.6 is 0 Å². The van der Waals surface area contributed by atoms with Gasteiger partial charge in [-0.2, -0.15) is 4.31 Å². The Balaban J connectivity index is 1.46. The van der Waals surface area contributed by atoms with E-state index in [0.29, 0.717) is 31.1 Å². The number of aromatic nitrogens is 2. The van der Waals surface area contributed by atoms with Crippen molar-refractivity contribution in [1.29, 1.82) is 0 Å². The van der Waals surface area contributed by atoms with Crippen molar-refractivity contribution in [3.63, 3.8) is 0 Å². The minimum atomic E-state index is -3.49. The molecule has 1 aliphatic rings. The third-order valence-electron chi connectivity index (χ3n) is 5.57. The minimum Gasteiger partial charge on any atom is -0.497 e. The molecule has 1 saturated heterocycles. The summed E-state index contributed by atoms with van der Waals surface area (Å²) in [6.45, 7) is 4.03. The second-order valence-corrected chi connectivity index (χ2v) is 9.32. The molecule has 4 rings (SSSR count). The van der Waals surface area contributed by atoms with E-state index in [2.05, 4.69) is 21.8 Å². The molecule has 0 radical (unpaired) electrons. The molecule has 0 unspecified atom stereocenters. The molecule has 1 fully saturated rings. The van der Waals surface area contributed by atoms with Gasteiger partial charge in [-0.1, -0.05) is 19.1 Å². The summed E-state index contributed by atoms with van der Waals surface area (Å²) in [5, 5.41) is 0. The number of rotatable bonds is 6. The Morgan fingerprint density at radius 3 is 2.23 bits per heavy atom. The zero-order chi connectivity index (χ0) is 21.8. The Hall–Kier alpha value is -2.97. The van der Waals surface area contributed by atoms with Crippen LogP contribution in [-0.4, -0.2) is 56.0 Å². The van der Waals surface area contributed by atoms with E-state index in [0.717, 1.165) is 34.8 Å². The first-order chi connectivity index (χ1) is 15.0. The molecule has 1 aliphatic heterocycles. The Kier molecular flexibility index (Phi) is 6.20. The molecule has 3 aromatic rings. The molecule has 0 amide bonds. The van der Waals surface area contributed by atoms with E-state index < -0.39 is 10.0 Å². The molecule has 1 aromatic heterocycles. The summed E-state index contributed by atoms with van der Waals surface area (Å²) < 4.78 is 32.7. The number of hydrogen-bond donors (Lipinski definition) is 0. The van der Waals surface area contributed by atoms with Crippen molar-refractivity contribution >= 4 is 15.8 Å². The number of sulfonamides is 1. The Bertz CT molecular complexity index is 1120. The molecular formula is C23H26N4O3S. The molecule has 0 N–H and O–H groups in total. The van der Waals surface area contributed by atoms with Crippen molar-refractivity contribution in [3.8, 4) is 17.0 Å². The van der Waals surface area contributed by atoms with Crippen molar-refractivity contribution in [2.24, 2.45) is 0 Å². The predicted octanol–water partition coefficient (Wildman–Crippen LogP) is 3.23. The summed E-state index contributed by atoms with van der Waals surface area (Å²) in [6, 6.07) is 16.8. The lowest BCUT2D eigenvalue weighted by molar-refractivity contribution is 0.384. The van der Waals surface area contributed by atoms with Gasteiger partial charge in [0.25, 0.3) is 0 Å². The zero-order valence-electron chi connectivity index (χ0n) is 17.7. The minimum absolute atomic E-state index is 0.349. The molecule has 2 heterocycles. The summed E-state index contributed by atoms with van der Waals surface area (Å²) >= 11 is 0. The van der Waals surface area contributed by atoms with E-state index in [1.807, 2.05) is 42.5 Å². The van der Waals surface area contributed by atoms with Crippen LogP contribution in [-0.2, 0) is 16.4 Å². The van der Waals surface area contributed by atoms with Gasteiger partial charge in [-0.3, -0.25) is 0 Å². The number of methoxy groups -OCH3 is 1. The zero-order valence-corrected chi connectivity index (χ0v) is 18.5. The maximum atomic E-state index is 13.0. The average molecular weight is 439 g/mol. The van der Waals surface area contributed by atoms with E-state index in [1.165, 1.54) is 0 Å². The molecule has 7 nitrogen and oxygen atoms in total. The second kappa shape index (κ2) is 9.03.